The molecule has 1 atom stereocenters. The predicted molar refractivity (Wildman–Crippen MR) is 79.5 cm³/mol. The Morgan fingerprint density at radius 2 is 1.42 bits per heavy atom. The summed E-state index contributed by atoms with van der Waals surface area (Å²) in [5.74, 6) is 1.02. The first kappa shape index (κ1) is 11.0. The second-order valence-corrected chi connectivity index (χ2v) is 6.16. The van der Waals surface area contributed by atoms with Gasteiger partial charge in [-0.2, -0.15) is 0 Å². The lowest BCUT2D eigenvalue weighted by atomic mass is 9.53. The highest BCUT2D eigenvalue weighted by atomic mass is 14.5. The summed E-state index contributed by atoms with van der Waals surface area (Å²) in [6, 6.07) is 17.9. The Balaban J connectivity index is 2.06. The summed E-state index contributed by atoms with van der Waals surface area (Å²) in [6.45, 7) is 6.49. The molecule has 0 heteroatoms. The molecule has 2 aromatic carbocycles. The van der Waals surface area contributed by atoms with E-state index in [1.807, 2.05) is 0 Å². The number of fused-ring (bicyclic) bond motifs is 1. The van der Waals surface area contributed by atoms with Gasteiger partial charge in [0.15, 0.2) is 0 Å². The first-order chi connectivity index (χ1) is 9.24. The summed E-state index contributed by atoms with van der Waals surface area (Å²) in [5, 5.41) is 0. The van der Waals surface area contributed by atoms with Crippen LogP contribution in [0.15, 0.2) is 61.2 Å². The zero-order valence-corrected chi connectivity index (χ0v) is 11.3. The Labute approximate surface area is 114 Å². The van der Waals surface area contributed by atoms with Gasteiger partial charge in [0.05, 0.1) is 0 Å². The van der Waals surface area contributed by atoms with E-state index in [4.69, 9.17) is 0 Å². The van der Waals surface area contributed by atoms with Crippen LogP contribution in [0.4, 0.5) is 0 Å². The number of hydrogen-bond acceptors (Lipinski definition) is 0. The van der Waals surface area contributed by atoms with Crippen LogP contribution in [0.25, 0.3) is 0 Å². The van der Waals surface area contributed by atoms with E-state index in [9.17, 15) is 0 Å². The molecule has 0 N–H and O–H groups in total. The minimum absolute atomic E-state index is 0.188. The number of allylic oxidation sites excluding steroid dienone is 1. The van der Waals surface area contributed by atoms with E-state index >= 15 is 0 Å². The van der Waals surface area contributed by atoms with E-state index in [1.165, 1.54) is 28.7 Å². The number of hydrogen-bond donors (Lipinski definition) is 0. The van der Waals surface area contributed by atoms with Gasteiger partial charge in [-0.25, -0.2) is 0 Å². The highest BCUT2D eigenvalue weighted by Gasteiger charge is 2.48. The van der Waals surface area contributed by atoms with Gasteiger partial charge in [-0.3, -0.25) is 0 Å². The summed E-state index contributed by atoms with van der Waals surface area (Å²) in [5.41, 5.74) is 6.28. The Hall–Kier alpha value is -1.82. The van der Waals surface area contributed by atoms with Crippen molar-refractivity contribution in [3.05, 3.63) is 83.4 Å². The Morgan fingerprint density at radius 1 is 0.947 bits per heavy atom. The molecule has 0 aromatic heterocycles. The molecule has 19 heavy (non-hydrogen) atoms. The van der Waals surface area contributed by atoms with Crippen molar-refractivity contribution in [2.24, 2.45) is 5.41 Å². The summed E-state index contributed by atoms with van der Waals surface area (Å²) >= 11 is 0. The van der Waals surface area contributed by atoms with Crippen molar-refractivity contribution < 1.29 is 0 Å². The van der Waals surface area contributed by atoms with Gasteiger partial charge in [-0.1, -0.05) is 61.5 Å². The minimum Gasteiger partial charge on any atom is -0.102 e. The lowest BCUT2D eigenvalue weighted by Gasteiger charge is -2.50. The smallest absolute Gasteiger partial charge is 0.0184 e. The quantitative estimate of drug-likeness (QED) is 0.630. The molecule has 0 nitrogen and oxygen atoms in total. The fraction of sp³-hybridized carbons (Fsp3) is 0.263. The van der Waals surface area contributed by atoms with E-state index < -0.39 is 0 Å². The number of rotatable bonds is 1. The van der Waals surface area contributed by atoms with Crippen LogP contribution in [0.2, 0.25) is 0 Å². The first-order valence-electron chi connectivity index (χ1n) is 7.06. The van der Waals surface area contributed by atoms with Gasteiger partial charge in [0.2, 0.25) is 0 Å². The maximum absolute atomic E-state index is 4.12. The first-order valence-corrected chi connectivity index (χ1v) is 7.06. The van der Waals surface area contributed by atoms with Crippen molar-refractivity contribution in [2.45, 2.75) is 25.2 Å². The van der Waals surface area contributed by atoms with E-state index in [-0.39, 0.29) is 5.41 Å². The molecule has 0 heterocycles. The molecule has 3 aliphatic carbocycles. The fourth-order valence-electron chi connectivity index (χ4n) is 4.21. The highest BCUT2D eigenvalue weighted by molar-refractivity contribution is 5.57. The topological polar surface area (TPSA) is 0 Å². The summed E-state index contributed by atoms with van der Waals surface area (Å²) < 4.78 is 0. The molecule has 2 aromatic rings. The fourth-order valence-corrected chi connectivity index (χ4v) is 4.21. The molecule has 0 fully saturated rings. The van der Waals surface area contributed by atoms with E-state index in [0.29, 0.717) is 11.8 Å². The predicted octanol–water partition coefficient (Wildman–Crippen LogP) is 4.86. The lowest BCUT2D eigenvalue weighted by Crippen LogP contribution is -2.38. The maximum atomic E-state index is 4.12. The molecule has 0 spiro atoms. The van der Waals surface area contributed by atoms with Gasteiger partial charge >= 0.3 is 0 Å². The normalized spacial score (nSPS) is 30.6. The molecule has 0 saturated heterocycles. The SMILES string of the molecule is C=CC1(C)CC2c3ccccc3C1c1ccccc12. The maximum Gasteiger partial charge on any atom is 0.0184 e. The average Bonchev–Trinajstić information content (AvgIpc) is 2.47. The zero-order chi connectivity index (χ0) is 13.0. The van der Waals surface area contributed by atoms with E-state index in [0.717, 1.165) is 0 Å². The van der Waals surface area contributed by atoms with Crippen LogP contribution in [-0.2, 0) is 0 Å². The van der Waals surface area contributed by atoms with Gasteiger partial charge in [0.25, 0.3) is 0 Å². The molecule has 5 rings (SSSR count). The third-order valence-corrected chi connectivity index (χ3v) is 5.13. The van der Waals surface area contributed by atoms with Crippen molar-refractivity contribution >= 4 is 0 Å². The summed E-state index contributed by atoms with van der Waals surface area (Å²) in [6.07, 6.45) is 3.37. The Morgan fingerprint density at radius 3 is 1.89 bits per heavy atom. The summed E-state index contributed by atoms with van der Waals surface area (Å²) in [7, 11) is 0. The van der Waals surface area contributed by atoms with Gasteiger partial charge in [0, 0.05) is 11.8 Å². The van der Waals surface area contributed by atoms with Gasteiger partial charge in [0.1, 0.15) is 0 Å². The summed E-state index contributed by atoms with van der Waals surface area (Å²) in [4.78, 5) is 0. The lowest BCUT2D eigenvalue weighted by molar-refractivity contribution is 0.280. The molecule has 0 amide bonds. The van der Waals surface area contributed by atoms with Gasteiger partial charge in [-0.05, 0) is 34.1 Å². The van der Waals surface area contributed by atoms with Crippen molar-refractivity contribution in [3.8, 4) is 0 Å². The zero-order valence-electron chi connectivity index (χ0n) is 11.3. The van der Waals surface area contributed by atoms with Crippen molar-refractivity contribution in [3.63, 3.8) is 0 Å². The molecule has 0 saturated carbocycles. The van der Waals surface area contributed by atoms with E-state index in [1.54, 1.807) is 0 Å². The van der Waals surface area contributed by atoms with Crippen LogP contribution in [0, 0.1) is 5.41 Å². The van der Waals surface area contributed by atoms with Crippen LogP contribution in [0.5, 0.6) is 0 Å². The van der Waals surface area contributed by atoms with Crippen LogP contribution in [-0.4, -0.2) is 0 Å². The molecule has 1 unspecified atom stereocenters. The van der Waals surface area contributed by atoms with Crippen LogP contribution < -0.4 is 0 Å². The van der Waals surface area contributed by atoms with Crippen LogP contribution in [0.1, 0.15) is 47.4 Å². The van der Waals surface area contributed by atoms with Crippen molar-refractivity contribution in [2.75, 3.05) is 0 Å². The molecule has 3 aliphatic rings. The van der Waals surface area contributed by atoms with Crippen molar-refractivity contribution in [1.82, 2.24) is 0 Å². The molecule has 2 bridgehead atoms. The third kappa shape index (κ3) is 1.29. The third-order valence-electron chi connectivity index (χ3n) is 5.13. The van der Waals surface area contributed by atoms with Crippen LogP contribution >= 0.6 is 0 Å². The molecule has 0 aliphatic heterocycles. The second kappa shape index (κ2) is 3.60. The number of benzene rings is 2. The van der Waals surface area contributed by atoms with Crippen molar-refractivity contribution in [1.29, 1.82) is 0 Å². The highest BCUT2D eigenvalue weighted by Crippen LogP contribution is 2.61. The average molecular weight is 246 g/mol. The monoisotopic (exact) mass is 246 g/mol. The largest absolute Gasteiger partial charge is 0.102 e. The Kier molecular flexibility index (Phi) is 2.09. The molecular formula is C19H18. The molecular weight excluding hydrogens is 228 g/mol. The minimum atomic E-state index is 0.188. The second-order valence-electron chi connectivity index (χ2n) is 6.16. The molecule has 0 radical (unpaired) electrons. The Bertz CT molecular complexity index is 620. The van der Waals surface area contributed by atoms with Crippen LogP contribution in [0.3, 0.4) is 0 Å². The van der Waals surface area contributed by atoms with Gasteiger partial charge in [-0.15, -0.1) is 6.58 Å². The standard InChI is InChI=1S/C19H18/c1-3-19(2)12-17-13-8-4-6-10-15(13)18(19)16-11-7-5-9-14(16)17/h3-11,17-18H,1,12H2,2H3. The van der Waals surface area contributed by atoms with Gasteiger partial charge < -0.3 is 0 Å². The van der Waals surface area contributed by atoms with E-state index in [2.05, 4.69) is 68.1 Å². The molecule has 94 valence electrons.